The fraction of sp³-hybridized carbons (Fsp3) is 0.533. The molecule has 0 radical (unpaired) electrons. The van der Waals surface area contributed by atoms with E-state index in [1.165, 1.54) is 6.42 Å². The number of hydrogen-bond donors (Lipinski definition) is 1. The Hall–Kier alpha value is -1.91. The zero-order chi connectivity index (χ0) is 13.9. The van der Waals surface area contributed by atoms with Gasteiger partial charge in [0.2, 0.25) is 0 Å². The number of aromatic nitrogens is 4. The molecule has 0 fully saturated rings. The Balaban J connectivity index is 1.99. The molecular formula is C15H20N4O. The summed E-state index contributed by atoms with van der Waals surface area (Å²) in [6.45, 7) is 3.00. The van der Waals surface area contributed by atoms with Crippen molar-refractivity contribution >= 4 is 0 Å². The number of H-pyrrole nitrogens is 1. The van der Waals surface area contributed by atoms with Gasteiger partial charge in [0.25, 0.3) is 5.56 Å². The van der Waals surface area contributed by atoms with Crippen molar-refractivity contribution in [2.24, 2.45) is 0 Å². The summed E-state index contributed by atoms with van der Waals surface area (Å²) in [6.07, 6.45) is 9.92. The number of aryl methyl sites for hydroxylation is 2. The summed E-state index contributed by atoms with van der Waals surface area (Å²) in [5.74, 6) is 0.651. The first-order chi connectivity index (χ1) is 9.78. The maximum absolute atomic E-state index is 12.2. The van der Waals surface area contributed by atoms with Gasteiger partial charge >= 0.3 is 0 Å². The van der Waals surface area contributed by atoms with Crippen LogP contribution in [0.4, 0.5) is 0 Å². The Kier molecular flexibility index (Phi) is 3.67. The van der Waals surface area contributed by atoms with Crippen LogP contribution in [0, 0.1) is 0 Å². The summed E-state index contributed by atoms with van der Waals surface area (Å²) in [6, 6.07) is 0. The minimum Gasteiger partial charge on any atom is -0.306 e. The van der Waals surface area contributed by atoms with E-state index in [1.807, 2.05) is 10.9 Å². The monoisotopic (exact) mass is 272 g/mol. The first-order valence-corrected chi connectivity index (χ1v) is 7.43. The van der Waals surface area contributed by atoms with Crippen LogP contribution in [0.1, 0.15) is 43.9 Å². The van der Waals surface area contributed by atoms with Gasteiger partial charge in [0, 0.05) is 18.3 Å². The molecule has 1 aliphatic rings. The molecule has 0 amide bonds. The molecule has 0 atom stereocenters. The van der Waals surface area contributed by atoms with Gasteiger partial charge in [0.1, 0.15) is 5.82 Å². The van der Waals surface area contributed by atoms with Crippen LogP contribution >= 0.6 is 0 Å². The maximum atomic E-state index is 12.2. The third-order valence-electron chi connectivity index (χ3n) is 3.80. The number of rotatable bonds is 3. The molecule has 0 saturated heterocycles. The van der Waals surface area contributed by atoms with Crippen LogP contribution in [0.3, 0.4) is 0 Å². The third-order valence-corrected chi connectivity index (χ3v) is 3.80. The minimum absolute atomic E-state index is 0.0233. The Morgan fingerprint density at radius 1 is 1.30 bits per heavy atom. The predicted octanol–water partition coefficient (Wildman–Crippen LogP) is 2.31. The molecule has 2 aromatic heterocycles. The minimum atomic E-state index is 0.0233. The van der Waals surface area contributed by atoms with Crippen LogP contribution in [0.2, 0.25) is 0 Å². The molecule has 0 bridgehead atoms. The lowest BCUT2D eigenvalue weighted by atomic mass is 10.1. The van der Waals surface area contributed by atoms with Gasteiger partial charge in [-0.2, -0.15) is 5.10 Å². The number of hydrogen-bond acceptors (Lipinski definition) is 3. The van der Waals surface area contributed by atoms with E-state index in [4.69, 9.17) is 0 Å². The van der Waals surface area contributed by atoms with Crippen LogP contribution in [-0.2, 0) is 19.4 Å². The molecule has 0 unspecified atom stereocenters. The summed E-state index contributed by atoms with van der Waals surface area (Å²) >= 11 is 0. The third kappa shape index (κ3) is 2.53. The molecule has 2 heterocycles. The van der Waals surface area contributed by atoms with Crippen LogP contribution in [0.25, 0.3) is 11.4 Å². The number of nitrogens with zero attached hydrogens (tertiary/aromatic N) is 3. The smallest absolute Gasteiger partial charge is 0.254 e. The van der Waals surface area contributed by atoms with Gasteiger partial charge in [0.05, 0.1) is 17.5 Å². The number of nitrogens with one attached hydrogen (secondary N) is 1. The molecule has 5 heteroatoms. The normalized spacial score (nSPS) is 14.8. The van der Waals surface area contributed by atoms with Gasteiger partial charge in [-0.15, -0.1) is 0 Å². The van der Waals surface area contributed by atoms with Crippen LogP contribution in [0.15, 0.2) is 17.2 Å². The lowest BCUT2D eigenvalue weighted by Gasteiger charge is -2.05. The molecule has 1 aliphatic carbocycles. The van der Waals surface area contributed by atoms with E-state index in [0.717, 1.165) is 55.5 Å². The van der Waals surface area contributed by atoms with E-state index >= 15 is 0 Å². The van der Waals surface area contributed by atoms with Crippen molar-refractivity contribution in [1.82, 2.24) is 19.7 Å². The summed E-state index contributed by atoms with van der Waals surface area (Å²) in [4.78, 5) is 19.8. The van der Waals surface area contributed by atoms with E-state index in [9.17, 15) is 4.79 Å². The highest BCUT2D eigenvalue weighted by atomic mass is 16.1. The fourth-order valence-electron chi connectivity index (χ4n) is 2.75. The van der Waals surface area contributed by atoms with Crippen molar-refractivity contribution in [3.63, 3.8) is 0 Å². The quantitative estimate of drug-likeness (QED) is 0.872. The largest absolute Gasteiger partial charge is 0.306 e. The SMILES string of the molecule is CCCn1cc(-c2nc3c(c(=O)[nH]2)CCCCC3)cn1. The summed E-state index contributed by atoms with van der Waals surface area (Å²) in [7, 11) is 0. The zero-order valence-corrected chi connectivity index (χ0v) is 11.9. The molecule has 5 nitrogen and oxygen atoms in total. The van der Waals surface area contributed by atoms with E-state index < -0.39 is 0 Å². The second kappa shape index (κ2) is 5.61. The Morgan fingerprint density at radius 3 is 3.00 bits per heavy atom. The van der Waals surface area contributed by atoms with Crippen molar-refractivity contribution in [3.05, 3.63) is 34.0 Å². The van der Waals surface area contributed by atoms with Gasteiger partial charge in [-0.1, -0.05) is 13.3 Å². The van der Waals surface area contributed by atoms with E-state index in [-0.39, 0.29) is 5.56 Å². The van der Waals surface area contributed by atoms with Crippen LogP contribution in [-0.4, -0.2) is 19.7 Å². The van der Waals surface area contributed by atoms with Crippen molar-refractivity contribution in [1.29, 1.82) is 0 Å². The van der Waals surface area contributed by atoms with Crippen molar-refractivity contribution < 1.29 is 0 Å². The molecule has 0 aromatic carbocycles. The molecule has 1 N–H and O–H groups in total. The van der Waals surface area contributed by atoms with E-state index in [1.54, 1.807) is 6.20 Å². The van der Waals surface area contributed by atoms with Gasteiger partial charge in [-0.3, -0.25) is 9.48 Å². The molecule has 2 aromatic rings. The highest BCUT2D eigenvalue weighted by Gasteiger charge is 2.15. The summed E-state index contributed by atoms with van der Waals surface area (Å²) in [5.41, 5.74) is 2.77. The molecule has 0 aliphatic heterocycles. The molecule has 3 rings (SSSR count). The average molecular weight is 272 g/mol. The second-order valence-corrected chi connectivity index (χ2v) is 5.39. The van der Waals surface area contributed by atoms with E-state index in [2.05, 4.69) is 22.0 Å². The van der Waals surface area contributed by atoms with Crippen molar-refractivity contribution in [2.75, 3.05) is 0 Å². The molecule has 0 saturated carbocycles. The average Bonchev–Trinajstić information content (AvgIpc) is 2.76. The predicted molar refractivity (Wildman–Crippen MR) is 77.6 cm³/mol. The first-order valence-electron chi connectivity index (χ1n) is 7.43. The summed E-state index contributed by atoms with van der Waals surface area (Å²) in [5, 5.41) is 4.30. The molecule has 0 spiro atoms. The lowest BCUT2D eigenvalue weighted by molar-refractivity contribution is 0.603. The second-order valence-electron chi connectivity index (χ2n) is 5.39. The van der Waals surface area contributed by atoms with Crippen molar-refractivity contribution in [3.8, 4) is 11.4 Å². The zero-order valence-electron chi connectivity index (χ0n) is 11.9. The standard InChI is InChI=1S/C15H20N4O/c1-2-8-19-10-11(9-16-19)14-17-13-7-5-3-4-6-12(13)15(20)18-14/h9-10H,2-8H2,1H3,(H,17,18,20). The fourth-order valence-corrected chi connectivity index (χ4v) is 2.75. The Bertz CT molecular complexity index is 656. The number of aromatic amines is 1. The van der Waals surface area contributed by atoms with Gasteiger partial charge in [-0.25, -0.2) is 4.98 Å². The van der Waals surface area contributed by atoms with E-state index in [0.29, 0.717) is 5.82 Å². The maximum Gasteiger partial charge on any atom is 0.254 e. The number of fused-ring (bicyclic) bond motifs is 1. The first kappa shape index (κ1) is 13.1. The topological polar surface area (TPSA) is 63.6 Å². The van der Waals surface area contributed by atoms with Crippen LogP contribution in [0.5, 0.6) is 0 Å². The highest BCUT2D eigenvalue weighted by Crippen LogP contribution is 2.19. The van der Waals surface area contributed by atoms with Crippen LogP contribution < -0.4 is 5.56 Å². The Morgan fingerprint density at radius 2 is 2.15 bits per heavy atom. The van der Waals surface area contributed by atoms with Gasteiger partial charge in [-0.05, 0) is 32.1 Å². The highest BCUT2D eigenvalue weighted by molar-refractivity contribution is 5.52. The molecule has 106 valence electrons. The lowest BCUT2D eigenvalue weighted by Crippen LogP contribution is -2.18. The van der Waals surface area contributed by atoms with Gasteiger partial charge < -0.3 is 4.98 Å². The van der Waals surface area contributed by atoms with Gasteiger partial charge in [0.15, 0.2) is 0 Å². The summed E-state index contributed by atoms with van der Waals surface area (Å²) < 4.78 is 1.89. The van der Waals surface area contributed by atoms with Crippen molar-refractivity contribution in [2.45, 2.75) is 52.0 Å². The Labute approximate surface area is 118 Å². The molecular weight excluding hydrogens is 252 g/mol. The molecule has 20 heavy (non-hydrogen) atoms.